The second kappa shape index (κ2) is 11.6. The van der Waals surface area contributed by atoms with E-state index in [1.165, 1.54) is 39.0 Å². The topological polar surface area (TPSA) is 19.0 Å². The van der Waals surface area contributed by atoms with Crippen LogP contribution in [0.15, 0.2) is 0 Å². The Labute approximate surface area is 134 Å². The summed E-state index contributed by atoms with van der Waals surface area (Å²) in [4.78, 5) is 7.41. The van der Waals surface area contributed by atoms with E-state index in [2.05, 4.69) is 55.7 Å². The van der Waals surface area contributed by atoms with Gasteiger partial charge in [-0.05, 0) is 79.3 Å². The second-order valence-electron chi connectivity index (χ2n) is 6.74. The maximum Gasteiger partial charge on any atom is 0.199 e. The number of nitrogens with zero attached hydrogens (tertiary/aromatic N) is 3. The Bertz CT molecular complexity index is 236. The van der Waals surface area contributed by atoms with Gasteiger partial charge >= 0.3 is 0 Å². The fourth-order valence-electron chi connectivity index (χ4n) is 2.32. The molecule has 0 rings (SSSR count). The fraction of sp³-hybridized carbons (Fsp3) is 1.00. The molecule has 0 N–H and O–H groups in total. The van der Waals surface area contributed by atoms with Gasteiger partial charge in [-0.3, -0.25) is 0 Å². The van der Waals surface area contributed by atoms with Crippen molar-refractivity contribution in [2.24, 2.45) is 0 Å². The van der Waals surface area contributed by atoms with Gasteiger partial charge in [0.05, 0.1) is 0 Å². The van der Waals surface area contributed by atoms with Crippen molar-refractivity contribution >= 4 is 8.32 Å². The largest absolute Gasteiger partial charge is 0.419 e. The molecule has 0 radical (unpaired) electrons. The van der Waals surface area contributed by atoms with Crippen molar-refractivity contribution in [1.82, 2.24) is 14.7 Å². The van der Waals surface area contributed by atoms with Crippen molar-refractivity contribution in [2.45, 2.75) is 39.8 Å². The van der Waals surface area contributed by atoms with Gasteiger partial charge in [0.15, 0.2) is 8.32 Å². The quantitative estimate of drug-likeness (QED) is 0.485. The Kier molecular flexibility index (Phi) is 11.6. The van der Waals surface area contributed by atoms with Gasteiger partial charge in [0.2, 0.25) is 0 Å². The van der Waals surface area contributed by atoms with Crippen LogP contribution in [-0.2, 0) is 4.43 Å². The lowest BCUT2D eigenvalue weighted by Crippen LogP contribution is -2.46. The third-order valence-electron chi connectivity index (χ3n) is 4.26. The molecule has 0 heterocycles. The summed E-state index contributed by atoms with van der Waals surface area (Å²) in [5.41, 5.74) is 0. The van der Waals surface area contributed by atoms with Gasteiger partial charge in [0.25, 0.3) is 0 Å². The zero-order valence-electron chi connectivity index (χ0n) is 15.6. The summed E-state index contributed by atoms with van der Waals surface area (Å²) in [5.74, 6) is 0. The summed E-state index contributed by atoms with van der Waals surface area (Å²) >= 11 is 0. The first-order valence-electron chi connectivity index (χ1n) is 8.49. The Morgan fingerprint density at radius 2 is 1.24 bits per heavy atom. The molecule has 0 atom stereocenters. The van der Waals surface area contributed by atoms with E-state index in [9.17, 15) is 0 Å². The Hall–Kier alpha value is 0.0569. The summed E-state index contributed by atoms with van der Waals surface area (Å²) in [7, 11) is 4.77. The summed E-state index contributed by atoms with van der Waals surface area (Å²) in [6.07, 6.45) is 3.65. The number of hydrogen-bond acceptors (Lipinski definition) is 4. The zero-order valence-corrected chi connectivity index (χ0v) is 16.6. The first-order chi connectivity index (χ1) is 9.84. The van der Waals surface area contributed by atoms with Crippen LogP contribution in [0.1, 0.15) is 26.7 Å². The van der Waals surface area contributed by atoms with Gasteiger partial charge in [0, 0.05) is 13.3 Å². The van der Waals surface area contributed by atoms with E-state index in [0.717, 1.165) is 19.3 Å². The molecule has 0 aliphatic rings. The molecule has 4 nitrogen and oxygen atoms in total. The van der Waals surface area contributed by atoms with Crippen LogP contribution in [0.5, 0.6) is 0 Å². The molecule has 0 saturated heterocycles. The zero-order chi connectivity index (χ0) is 16.3. The molecule has 0 aromatic rings. The SMILES string of the molecule is CCN(C)CCCN(CCCN(C)CC)C[Si](C)(C)OC. The highest BCUT2D eigenvalue weighted by atomic mass is 28.4. The standard InChI is InChI=1S/C16H39N3OSi/c1-8-17(3)12-10-14-19(16-21(6,7)20-5)15-11-13-18(4)9-2/h8-16H2,1-7H3. The Morgan fingerprint density at radius 3 is 1.57 bits per heavy atom. The highest BCUT2D eigenvalue weighted by Gasteiger charge is 2.24. The summed E-state index contributed by atoms with van der Waals surface area (Å²) in [6.45, 7) is 16.1. The highest BCUT2D eigenvalue weighted by Crippen LogP contribution is 2.07. The molecule has 0 unspecified atom stereocenters. The number of rotatable bonds is 13. The lowest BCUT2D eigenvalue weighted by molar-refractivity contribution is 0.242. The van der Waals surface area contributed by atoms with E-state index in [-0.39, 0.29) is 0 Å². The van der Waals surface area contributed by atoms with Crippen LogP contribution in [-0.4, -0.2) is 89.7 Å². The van der Waals surface area contributed by atoms with Crippen molar-refractivity contribution in [1.29, 1.82) is 0 Å². The molecule has 128 valence electrons. The van der Waals surface area contributed by atoms with Gasteiger partial charge in [0.1, 0.15) is 0 Å². The van der Waals surface area contributed by atoms with E-state index >= 15 is 0 Å². The van der Waals surface area contributed by atoms with Gasteiger partial charge in [-0.25, -0.2) is 0 Å². The van der Waals surface area contributed by atoms with E-state index in [1.807, 2.05) is 7.11 Å². The first kappa shape index (κ1) is 21.1. The van der Waals surface area contributed by atoms with Gasteiger partial charge in [-0.1, -0.05) is 13.8 Å². The molecule has 0 aliphatic carbocycles. The van der Waals surface area contributed by atoms with Crippen LogP contribution < -0.4 is 0 Å². The molecule has 0 aromatic heterocycles. The Morgan fingerprint density at radius 1 is 0.810 bits per heavy atom. The highest BCUT2D eigenvalue weighted by molar-refractivity contribution is 6.71. The smallest absolute Gasteiger partial charge is 0.199 e. The monoisotopic (exact) mass is 317 g/mol. The van der Waals surface area contributed by atoms with Crippen LogP contribution in [0.25, 0.3) is 0 Å². The summed E-state index contributed by atoms with van der Waals surface area (Å²) < 4.78 is 5.74. The molecule has 21 heavy (non-hydrogen) atoms. The van der Waals surface area contributed by atoms with Crippen LogP contribution in [0.2, 0.25) is 13.1 Å². The van der Waals surface area contributed by atoms with Gasteiger partial charge in [-0.15, -0.1) is 0 Å². The molecule has 0 aliphatic heterocycles. The maximum atomic E-state index is 5.74. The van der Waals surface area contributed by atoms with Crippen LogP contribution in [0, 0.1) is 0 Å². The van der Waals surface area contributed by atoms with Crippen LogP contribution in [0.3, 0.4) is 0 Å². The number of hydrogen-bond donors (Lipinski definition) is 0. The average Bonchev–Trinajstić information content (AvgIpc) is 2.46. The van der Waals surface area contributed by atoms with Gasteiger partial charge in [-0.2, -0.15) is 0 Å². The van der Waals surface area contributed by atoms with E-state index < -0.39 is 8.32 Å². The summed E-state index contributed by atoms with van der Waals surface area (Å²) in [5, 5.41) is 0. The second-order valence-corrected chi connectivity index (χ2v) is 11.0. The molecule has 0 bridgehead atoms. The normalized spacial score (nSPS) is 12.9. The fourth-order valence-corrected chi connectivity index (χ4v) is 3.84. The maximum absolute atomic E-state index is 5.74. The third-order valence-corrected chi connectivity index (χ3v) is 6.58. The van der Waals surface area contributed by atoms with E-state index in [1.54, 1.807) is 0 Å². The lowest BCUT2D eigenvalue weighted by atomic mass is 10.3. The minimum absolute atomic E-state index is 1.14. The Balaban J connectivity index is 4.21. The molecular weight excluding hydrogens is 278 g/mol. The summed E-state index contributed by atoms with van der Waals surface area (Å²) in [6, 6.07) is 0. The molecule has 0 amide bonds. The van der Waals surface area contributed by atoms with Crippen molar-refractivity contribution in [3.8, 4) is 0 Å². The minimum Gasteiger partial charge on any atom is -0.419 e. The van der Waals surface area contributed by atoms with Crippen molar-refractivity contribution in [3.05, 3.63) is 0 Å². The molecular formula is C16H39N3OSi. The third kappa shape index (κ3) is 11.3. The molecule has 0 fully saturated rings. The predicted octanol–water partition coefficient (Wildman–Crippen LogP) is 2.36. The first-order valence-corrected chi connectivity index (χ1v) is 11.6. The molecule has 0 aromatic carbocycles. The van der Waals surface area contributed by atoms with Crippen molar-refractivity contribution < 1.29 is 4.43 Å². The molecule has 0 spiro atoms. The van der Waals surface area contributed by atoms with Gasteiger partial charge < -0.3 is 19.1 Å². The van der Waals surface area contributed by atoms with E-state index in [0.29, 0.717) is 0 Å². The van der Waals surface area contributed by atoms with Crippen LogP contribution in [0.4, 0.5) is 0 Å². The minimum atomic E-state index is -1.51. The average molecular weight is 318 g/mol. The lowest BCUT2D eigenvalue weighted by Gasteiger charge is -2.31. The van der Waals surface area contributed by atoms with Crippen molar-refractivity contribution in [2.75, 3.05) is 66.6 Å². The van der Waals surface area contributed by atoms with E-state index in [4.69, 9.17) is 4.43 Å². The molecule has 0 saturated carbocycles. The molecule has 5 heteroatoms. The predicted molar refractivity (Wildman–Crippen MR) is 96.5 cm³/mol. The van der Waals surface area contributed by atoms with Crippen molar-refractivity contribution in [3.63, 3.8) is 0 Å². The van der Waals surface area contributed by atoms with Crippen LogP contribution >= 0.6 is 0 Å².